The molecule has 0 saturated heterocycles. The second-order valence-electron chi connectivity index (χ2n) is 6.59. The number of para-hydroxylation sites is 1. The average molecular weight is 400 g/mol. The van der Waals surface area contributed by atoms with Crippen molar-refractivity contribution >= 4 is 11.7 Å². The molecule has 0 aliphatic heterocycles. The number of hydrogen-bond acceptors (Lipinski definition) is 5. The number of benzene rings is 2. The Kier molecular flexibility index (Phi) is 5.43. The van der Waals surface area contributed by atoms with Crippen molar-refractivity contribution in [2.75, 3.05) is 12.4 Å². The zero-order valence-electron chi connectivity index (χ0n) is 16.3. The van der Waals surface area contributed by atoms with Crippen LogP contribution in [0.15, 0.2) is 79.3 Å². The molecule has 0 spiro atoms. The summed E-state index contributed by atoms with van der Waals surface area (Å²) in [6, 6.07) is 19.0. The van der Waals surface area contributed by atoms with Crippen LogP contribution in [0, 0.1) is 0 Å². The monoisotopic (exact) mass is 400 g/mol. The first-order chi connectivity index (χ1) is 14.7. The van der Waals surface area contributed by atoms with Crippen LogP contribution in [0.3, 0.4) is 0 Å². The Bertz CT molecular complexity index is 1170. The van der Waals surface area contributed by atoms with Gasteiger partial charge in [-0.15, -0.1) is 0 Å². The summed E-state index contributed by atoms with van der Waals surface area (Å²) in [7, 11) is 1.62. The van der Waals surface area contributed by atoms with Gasteiger partial charge in [-0.05, 0) is 30.3 Å². The van der Waals surface area contributed by atoms with Crippen LogP contribution in [0.25, 0.3) is 16.9 Å². The number of rotatable bonds is 7. The van der Waals surface area contributed by atoms with E-state index in [0.29, 0.717) is 12.2 Å². The smallest absolute Gasteiger partial charge is 0.337 e. The quantitative estimate of drug-likeness (QED) is 0.482. The first-order valence-electron chi connectivity index (χ1n) is 9.35. The highest BCUT2D eigenvalue weighted by molar-refractivity contribution is 5.93. The highest BCUT2D eigenvalue weighted by Gasteiger charge is 2.15. The predicted octanol–water partition coefficient (Wildman–Crippen LogP) is 4.25. The third-order valence-corrected chi connectivity index (χ3v) is 4.67. The largest absolute Gasteiger partial charge is 0.497 e. The maximum atomic E-state index is 11.5. The summed E-state index contributed by atoms with van der Waals surface area (Å²) in [5, 5.41) is 17.4. The number of nitrogens with one attached hydrogen (secondary N) is 1. The van der Waals surface area contributed by atoms with Crippen molar-refractivity contribution in [2.45, 2.75) is 6.54 Å². The Labute approximate surface area is 173 Å². The zero-order chi connectivity index (χ0) is 20.9. The van der Waals surface area contributed by atoms with E-state index < -0.39 is 5.97 Å². The second kappa shape index (κ2) is 8.48. The molecule has 0 aliphatic rings. The summed E-state index contributed by atoms with van der Waals surface area (Å²) in [5.74, 6) is -0.269. The van der Waals surface area contributed by atoms with E-state index in [0.717, 1.165) is 28.3 Å². The number of methoxy groups -OCH3 is 1. The molecule has 2 heterocycles. The number of carboxylic acids is 1. The van der Waals surface area contributed by atoms with E-state index in [4.69, 9.17) is 9.84 Å². The van der Waals surface area contributed by atoms with Crippen molar-refractivity contribution in [3.8, 4) is 22.7 Å². The van der Waals surface area contributed by atoms with Crippen LogP contribution >= 0.6 is 0 Å². The molecule has 0 aliphatic carbocycles. The first kappa shape index (κ1) is 19.2. The number of pyridine rings is 1. The number of hydrogen-bond donors (Lipinski definition) is 2. The van der Waals surface area contributed by atoms with Gasteiger partial charge in [0.15, 0.2) is 0 Å². The lowest BCUT2D eigenvalue weighted by molar-refractivity contribution is 0.0697. The van der Waals surface area contributed by atoms with Gasteiger partial charge < -0.3 is 15.2 Å². The minimum Gasteiger partial charge on any atom is -0.497 e. The summed E-state index contributed by atoms with van der Waals surface area (Å²) in [4.78, 5) is 15.5. The molecular weight excluding hydrogens is 380 g/mol. The molecule has 2 aromatic heterocycles. The fourth-order valence-electron chi connectivity index (χ4n) is 3.18. The maximum Gasteiger partial charge on any atom is 0.337 e. The van der Waals surface area contributed by atoms with Crippen LogP contribution in [0.4, 0.5) is 5.69 Å². The van der Waals surface area contributed by atoms with E-state index in [1.54, 1.807) is 7.11 Å². The van der Waals surface area contributed by atoms with E-state index in [1.165, 1.54) is 18.5 Å². The van der Waals surface area contributed by atoms with Crippen LogP contribution in [0.5, 0.6) is 5.75 Å². The van der Waals surface area contributed by atoms with Crippen molar-refractivity contribution in [1.29, 1.82) is 0 Å². The standard InChI is InChI=1S/C23H20N4O3/c1-30-19-9-5-6-16(12-19)22-17(15-27(26-22)18-7-3-2-4-8-18)13-25-21-14-24-11-10-20(21)23(28)29/h2-12,14-15,25H,13H2,1H3,(H,28,29). The summed E-state index contributed by atoms with van der Waals surface area (Å²) in [6.45, 7) is 0.380. The van der Waals surface area contributed by atoms with E-state index in [2.05, 4.69) is 10.3 Å². The van der Waals surface area contributed by atoms with E-state index >= 15 is 0 Å². The lowest BCUT2D eigenvalue weighted by Crippen LogP contribution is -2.07. The van der Waals surface area contributed by atoms with Crippen LogP contribution < -0.4 is 10.1 Å². The average Bonchev–Trinajstić information content (AvgIpc) is 3.23. The number of aromatic carboxylic acids is 1. The number of carbonyl (C=O) groups is 1. The molecule has 2 N–H and O–H groups in total. The molecule has 0 radical (unpaired) electrons. The van der Waals surface area contributed by atoms with Crippen LogP contribution in [0.2, 0.25) is 0 Å². The molecule has 0 amide bonds. The van der Waals surface area contributed by atoms with Gasteiger partial charge in [0.2, 0.25) is 0 Å². The molecule has 0 bridgehead atoms. The molecule has 4 aromatic rings. The van der Waals surface area contributed by atoms with Gasteiger partial charge in [-0.2, -0.15) is 5.10 Å². The SMILES string of the molecule is COc1cccc(-c2nn(-c3ccccc3)cc2CNc2cnccc2C(=O)O)c1. The van der Waals surface area contributed by atoms with Gasteiger partial charge in [-0.1, -0.05) is 30.3 Å². The highest BCUT2D eigenvalue weighted by Crippen LogP contribution is 2.28. The summed E-state index contributed by atoms with van der Waals surface area (Å²) in [5.41, 5.74) is 4.15. The lowest BCUT2D eigenvalue weighted by atomic mass is 10.1. The molecule has 0 saturated carbocycles. The van der Waals surface area contributed by atoms with Gasteiger partial charge in [0.25, 0.3) is 0 Å². The van der Waals surface area contributed by atoms with Crippen LogP contribution in [0.1, 0.15) is 15.9 Å². The van der Waals surface area contributed by atoms with E-state index in [-0.39, 0.29) is 5.56 Å². The van der Waals surface area contributed by atoms with Gasteiger partial charge in [0, 0.05) is 30.1 Å². The molecule has 0 unspecified atom stereocenters. The number of carboxylic acid groups (broad SMARTS) is 1. The zero-order valence-corrected chi connectivity index (χ0v) is 16.3. The minimum atomic E-state index is -1.01. The van der Waals surface area contributed by atoms with E-state index in [9.17, 15) is 9.90 Å². The Hall–Kier alpha value is -4.13. The normalized spacial score (nSPS) is 10.6. The number of anilines is 1. The molecule has 7 nitrogen and oxygen atoms in total. The fraction of sp³-hybridized carbons (Fsp3) is 0.0870. The fourth-order valence-corrected chi connectivity index (χ4v) is 3.18. The van der Waals surface area contributed by atoms with E-state index in [1.807, 2.05) is 65.5 Å². The van der Waals surface area contributed by atoms with Crippen LogP contribution in [-0.2, 0) is 6.54 Å². The third-order valence-electron chi connectivity index (χ3n) is 4.67. The molecule has 4 rings (SSSR count). The Morgan fingerprint density at radius 3 is 2.73 bits per heavy atom. The topological polar surface area (TPSA) is 89.3 Å². The van der Waals surface area contributed by atoms with Gasteiger partial charge in [0.05, 0.1) is 35.9 Å². The highest BCUT2D eigenvalue weighted by atomic mass is 16.5. The number of aromatic nitrogens is 3. The van der Waals surface area contributed by atoms with Crippen molar-refractivity contribution in [3.05, 3.63) is 90.4 Å². The van der Waals surface area contributed by atoms with Crippen molar-refractivity contribution in [3.63, 3.8) is 0 Å². The third kappa shape index (κ3) is 4.00. The van der Waals surface area contributed by atoms with Gasteiger partial charge in [-0.25, -0.2) is 9.48 Å². The van der Waals surface area contributed by atoms with Gasteiger partial charge in [-0.3, -0.25) is 4.98 Å². The van der Waals surface area contributed by atoms with Crippen molar-refractivity contribution in [1.82, 2.24) is 14.8 Å². The number of nitrogens with zero attached hydrogens (tertiary/aromatic N) is 3. The van der Waals surface area contributed by atoms with Gasteiger partial charge >= 0.3 is 5.97 Å². The van der Waals surface area contributed by atoms with Gasteiger partial charge in [0.1, 0.15) is 5.75 Å². The lowest BCUT2D eigenvalue weighted by Gasteiger charge is -2.09. The van der Waals surface area contributed by atoms with Crippen molar-refractivity contribution in [2.24, 2.45) is 0 Å². The number of ether oxygens (including phenoxy) is 1. The Balaban J connectivity index is 1.72. The Morgan fingerprint density at radius 2 is 1.97 bits per heavy atom. The minimum absolute atomic E-state index is 0.170. The van der Waals surface area contributed by atoms with Crippen LogP contribution in [-0.4, -0.2) is 33.0 Å². The van der Waals surface area contributed by atoms with Crippen molar-refractivity contribution < 1.29 is 14.6 Å². The molecule has 0 fully saturated rings. The summed E-state index contributed by atoms with van der Waals surface area (Å²) >= 11 is 0. The second-order valence-corrected chi connectivity index (χ2v) is 6.59. The molecule has 0 atom stereocenters. The maximum absolute atomic E-state index is 11.5. The molecular formula is C23H20N4O3. The first-order valence-corrected chi connectivity index (χ1v) is 9.35. The molecule has 30 heavy (non-hydrogen) atoms. The molecule has 150 valence electrons. The molecule has 2 aromatic carbocycles. The predicted molar refractivity (Wildman–Crippen MR) is 114 cm³/mol. The summed E-state index contributed by atoms with van der Waals surface area (Å²) < 4.78 is 7.17. The summed E-state index contributed by atoms with van der Waals surface area (Å²) in [6.07, 6.45) is 4.91. The Morgan fingerprint density at radius 1 is 1.13 bits per heavy atom. The molecule has 7 heteroatoms.